The summed E-state index contributed by atoms with van der Waals surface area (Å²) in [5.74, 6) is -2.96. The van der Waals surface area contributed by atoms with Crippen LogP contribution in [0, 0.1) is 0 Å². The highest BCUT2D eigenvalue weighted by Gasteiger charge is 2.59. The zero-order chi connectivity index (χ0) is 29.5. The predicted molar refractivity (Wildman–Crippen MR) is 161 cm³/mol. The molecule has 1 aliphatic heterocycles. The number of aromatic amines is 1. The number of hydrogen-bond donors (Lipinski definition) is 3. The number of aliphatic hydroxyl groups is 1. The predicted octanol–water partition coefficient (Wildman–Crippen LogP) is 4.86. The van der Waals surface area contributed by atoms with Gasteiger partial charge in [0.15, 0.2) is 11.2 Å². The van der Waals surface area contributed by atoms with E-state index in [4.69, 9.17) is 9.47 Å². The quantitative estimate of drug-likeness (QED) is 0.122. The first-order chi connectivity index (χ1) is 20.3. The molecule has 2 aromatic heterocycles. The van der Waals surface area contributed by atoms with Gasteiger partial charge in [0.25, 0.3) is 5.56 Å². The van der Waals surface area contributed by atoms with Crippen molar-refractivity contribution in [2.24, 2.45) is 0 Å². The Morgan fingerprint density at radius 3 is 2.19 bits per heavy atom. The number of benzene rings is 3. The lowest BCUT2D eigenvalue weighted by atomic mass is 9.77. The van der Waals surface area contributed by atoms with Crippen molar-refractivity contribution in [3.8, 4) is 5.75 Å². The number of ether oxygens (including phenoxy) is 2. The molecule has 216 valence electrons. The van der Waals surface area contributed by atoms with Crippen LogP contribution in [0.4, 0.5) is 14.7 Å². The maximum atomic E-state index is 15.2. The minimum atomic E-state index is -3.64. The number of rotatable bonds is 8. The van der Waals surface area contributed by atoms with Gasteiger partial charge in [-0.25, -0.2) is 4.98 Å². The van der Waals surface area contributed by atoms with Gasteiger partial charge in [0.1, 0.15) is 23.5 Å². The summed E-state index contributed by atoms with van der Waals surface area (Å²) in [5, 5.41) is 13.7. The second-order valence-corrected chi connectivity index (χ2v) is 10.8. The van der Waals surface area contributed by atoms with Crippen molar-refractivity contribution in [3.63, 3.8) is 0 Å². The summed E-state index contributed by atoms with van der Waals surface area (Å²) in [6, 6.07) is 26.7. The van der Waals surface area contributed by atoms with E-state index >= 15 is 8.78 Å². The van der Waals surface area contributed by atoms with Gasteiger partial charge >= 0.3 is 5.92 Å². The van der Waals surface area contributed by atoms with Crippen molar-refractivity contribution in [1.82, 2.24) is 19.5 Å². The minimum Gasteiger partial charge on any atom is -0.497 e. The fraction of sp³-hybridized carbons (Fsp3) is 0.233. The van der Waals surface area contributed by atoms with Crippen molar-refractivity contribution in [2.75, 3.05) is 16.9 Å². The SMILES string of the molecule is COc1ccc(C(Nc2nc3c(ncn3[C@@H]3O[C@H](CI)[C@@H](O)C3(F)F)c(=O)[nH]2)(c2ccccc2)c2ccccc2)cc1. The summed E-state index contributed by atoms with van der Waals surface area (Å²) >= 11 is 1.88. The van der Waals surface area contributed by atoms with Gasteiger partial charge in [0.2, 0.25) is 12.2 Å². The standard InChI is InChI=1S/C30H26F2IN5O4/c1-41-21-14-12-20(13-15-21)29(18-8-4-2-5-9-18,19-10-6-3-7-11-19)37-28-35-25-23(26(40)36-28)34-17-38(25)27-30(31,32)24(39)22(16-33)42-27/h2-15,17,22,24,27,39H,16H2,1H3,(H2,35,36,37,40)/t22-,24-,27-/m1/s1. The maximum absolute atomic E-state index is 15.2. The summed E-state index contributed by atoms with van der Waals surface area (Å²) in [7, 11) is 1.58. The first kappa shape index (κ1) is 28.2. The molecule has 0 amide bonds. The lowest BCUT2D eigenvalue weighted by molar-refractivity contribution is -0.137. The van der Waals surface area contributed by atoms with Gasteiger partial charge in [-0.05, 0) is 28.8 Å². The van der Waals surface area contributed by atoms with E-state index in [-0.39, 0.29) is 21.5 Å². The fourth-order valence-electron chi connectivity index (χ4n) is 5.36. The number of nitrogens with zero attached hydrogens (tertiary/aromatic N) is 3. The summed E-state index contributed by atoms with van der Waals surface area (Å²) in [6.07, 6.45) is -3.92. The third kappa shape index (κ3) is 4.63. The molecule has 42 heavy (non-hydrogen) atoms. The molecular weight excluding hydrogens is 659 g/mol. The highest BCUT2D eigenvalue weighted by atomic mass is 127. The number of methoxy groups -OCH3 is 1. The van der Waals surface area contributed by atoms with Crippen molar-refractivity contribution < 1.29 is 23.4 Å². The molecule has 1 aliphatic rings. The van der Waals surface area contributed by atoms with Gasteiger partial charge in [-0.1, -0.05) is 95.4 Å². The number of H-pyrrole nitrogens is 1. The van der Waals surface area contributed by atoms with E-state index < -0.39 is 35.5 Å². The van der Waals surface area contributed by atoms with E-state index in [0.717, 1.165) is 27.6 Å². The summed E-state index contributed by atoms with van der Waals surface area (Å²) in [5.41, 5.74) is 0.500. The van der Waals surface area contributed by atoms with Crippen molar-refractivity contribution in [2.45, 2.75) is 29.9 Å². The van der Waals surface area contributed by atoms with E-state index in [1.807, 2.05) is 108 Å². The van der Waals surface area contributed by atoms with Crippen LogP contribution in [0.3, 0.4) is 0 Å². The summed E-state index contributed by atoms with van der Waals surface area (Å²) in [6.45, 7) is 0. The molecule has 0 aliphatic carbocycles. The lowest BCUT2D eigenvalue weighted by Gasteiger charge is -2.37. The van der Waals surface area contributed by atoms with Gasteiger partial charge in [-0.2, -0.15) is 13.8 Å². The molecule has 3 heterocycles. The number of aliphatic hydroxyl groups excluding tert-OH is 1. The Hall–Kier alpha value is -3.88. The van der Waals surface area contributed by atoms with Crippen LogP contribution < -0.4 is 15.6 Å². The van der Waals surface area contributed by atoms with Crippen LogP contribution in [0.25, 0.3) is 11.2 Å². The second kappa shape index (κ2) is 11.1. The van der Waals surface area contributed by atoms with E-state index in [1.165, 1.54) is 0 Å². The third-order valence-corrected chi connectivity index (χ3v) is 8.33. The average Bonchev–Trinajstić information content (AvgIpc) is 3.54. The number of nitrogens with one attached hydrogen (secondary N) is 2. The van der Waals surface area contributed by atoms with Crippen LogP contribution in [-0.4, -0.2) is 54.3 Å². The smallest absolute Gasteiger partial charge is 0.320 e. The number of imidazole rings is 1. The Balaban J connectivity index is 1.55. The normalized spacial score (nSPS) is 20.1. The van der Waals surface area contributed by atoms with Crippen LogP contribution in [0.5, 0.6) is 5.75 Å². The maximum Gasteiger partial charge on any atom is 0.320 e. The first-order valence-electron chi connectivity index (χ1n) is 13.1. The number of aromatic nitrogens is 4. The molecule has 6 rings (SSSR count). The summed E-state index contributed by atoms with van der Waals surface area (Å²) in [4.78, 5) is 24.6. The van der Waals surface area contributed by atoms with Gasteiger partial charge in [0.05, 0.1) is 13.4 Å². The zero-order valence-corrected chi connectivity index (χ0v) is 24.4. The van der Waals surface area contributed by atoms with Crippen LogP contribution in [0.1, 0.15) is 22.9 Å². The van der Waals surface area contributed by atoms with Gasteiger partial charge in [-0.3, -0.25) is 14.3 Å². The molecule has 0 bridgehead atoms. The average molecular weight is 685 g/mol. The monoisotopic (exact) mass is 685 g/mol. The molecule has 5 aromatic rings. The van der Waals surface area contributed by atoms with Gasteiger partial charge in [-0.15, -0.1) is 0 Å². The Bertz CT molecular complexity index is 1710. The Labute approximate surface area is 252 Å². The molecule has 12 heteroatoms. The van der Waals surface area contributed by atoms with Crippen LogP contribution in [-0.2, 0) is 10.3 Å². The van der Waals surface area contributed by atoms with Gasteiger partial charge < -0.3 is 19.9 Å². The zero-order valence-electron chi connectivity index (χ0n) is 22.2. The summed E-state index contributed by atoms with van der Waals surface area (Å²) < 4.78 is 42.4. The molecule has 0 saturated carbocycles. The molecule has 3 aromatic carbocycles. The molecule has 0 spiro atoms. The first-order valence-corrected chi connectivity index (χ1v) is 14.6. The lowest BCUT2D eigenvalue weighted by Crippen LogP contribution is -2.39. The second-order valence-electron chi connectivity index (χ2n) is 9.87. The largest absolute Gasteiger partial charge is 0.497 e. The van der Waals surface area contributed by atoms with Crippen LogP contribution in [0.15, 0.2) is 96.1 Å². The van der Waals surface area contributed by atoms with Crippen LogP contribution >= 0.6 is 22.6 Å². The van der Waals surface area contributed by atoms with Crippen molar-refractivity contribution >= 4 is 39.7 Å². The number of anilines is 1. The fourth-order valence-corrected chi connectivity index (χ4v) is 6.05. The molecule has 9 nitrogen and oxygen atoms in total. The van der Waals surface area contributed by atoms with Gasteiger partial charge in [0, 0.05) is 4.43 Å². The van der Waals surface area contributed by atoms with Crippen molar-refractivity contribution in [1.29, 1.82) is 0 Å². The molecular formula is C30H26F2IN5O4. The highest BCUT2D eigenvalue weighted by molar-refractivity contribution is 14.1. The Kier molecular flexibility index (Phi) is 7.45. The third-order valence-electron chi connectivity index (χ3n) is 7.46. The van der Waals surface area contributed by atoms with Crippen molar-refractivity contribution in [3.05, 3.63) is 118 Å². The van der Waals surface area contributed by atoms with E-state index in [1.54, 1.807) is 7.11 Å². The van der Waals surface area contributed by atoms with E-state index in [2.05, 4.69) is 20.3 Å². The number of hydrogen-bond acceptors (Lipinski definition) is 7. The number of halogens is 3. The molecule has 1 fully saturated rings. The number of fused-ring (bicyclic) bond motifs is 1. The van der Waals surface area contributed by atoms with Crippen LogP contribution in [0.2, 0.25) is 0 Å². The minimum absolute atomic E-state index is 0.0186. The Morgan fingerprint density at radius 1 is 1.05 bits per heavy atom. The van der Waals surface area contributed by atoms with E-state index in [0.29, 0.717) is 5.75 Å². The molecule has 0 radical (unpaired) electrons. The molecule has 3 atom stereocenters. The topological polar surface area (TPSA) is 114 Å². The molecule has 1 saturated heterocycles. The molecule has 0 unspecified atom stereocenters. The van der Waals surface area contributed by atoms with E-state index in [9.17, 15) is 9.90 Å². The highest BCUT2D eigenvalue weighted by Crippen LogP contribution is 2.44. The Morgan fingerprint density at radius 2 is 1.64 bits per heavy atom. The number of alkyl halides is 3. The molecule has 3 N–H and O–H groups in total.